The molecule has 0 fully saturated rings. The molecule has 0 bridgehead atoms. The number of halogens is 1. The molecule has 0 radical (unpaired) electrons. The highest BCUT2D eigenvalue weighted by Gasteiger charge is 2.31. The molecule has 140 valence electrons. The first kappa shape index (κ1) is 20.1. The van der Waals surface area contributed by atoms with Crippen LogP contribution in [0.5, 0.6) is 0 Å². The number of thiophene rings is 1. The maximum atomic E-state index is 13.2. The van der Waals surface area contributed by atoms with Gasteiger partial charge < -0.3 is 10.6 Å². The highest BCUT2D eigenvalue weighted by atomic mass is 32.2. The quantitative estimate of drug-likeness (QED) is 0.729. The topological polar surface area (TPSA) is 92.3 Å². The Labute approximate surface area is 155 Å². The molecule has 1 heterocycles. The third-order valence-corrected chi connectivity index (χ3v) is 7.00. The van der Waals surface area contributed by atoms with E-state index in [1.807, 2.05) is 0 Å². The molecule has 0 aliphatic carbocycles. The maximum absolute atomic E-state index is 13.2. The Morgan fingerprint density at radius 1 is 1.12 bits per heavy atom. The van der Waals surface area contributed by atoms with Crippen LogP contribution in [0.2, 0.25) is 0 Å². The average Bonchev–Trinajstić information content (AvgIpc) is 3.11. The van der Waals surface area contributed by atoms with Crippen molar-refractivity contribution in [1.29, 1.82) is 0 Å². The summed E-state index contributed by atoms with van der Waals surface area (Å²) in [6.45, 7) is 3.09. The second-order valence-electron chi connectivity index (χ2n) is 5.86. The van der Waals surface area contributed by atoms with Crippen molar-refractivity contribution in [2.75, 3.05) is 6.54 Å². The zero-order chi connectivity index (χ0) is 19.3. The van der Waals surface area contributed by atoms with E-state index in [1.54, 1.807) is 25.3 Å². The predicted octanol–water partition coefficient (Wildman–Crippen LogP) is 2.04. The highest BCUT2D eigenvalue weighted by molar-refractivity contribution is 7.93. The fraction of sp³-hybridized carbons (Fsp3) is 0.294. The largest absolute Gasteiger partial charge is 0.346 e. The van der Waals surface area contributed by atoms with Crippen LogP contribution >= 0.6 is 11.3 Å². The van der Waals surface area contributed by atoms with Crippen LogP contribution in [0.15, 0.2) is 46.0 Å². The van der Waals surface area contributed by atoms with E-state index in [0.29, 0.717) is 5.56 Å². The summed E-state index contributed by atoms with van der Waals surface area (Å²) in [6, 6.07) is 7.85. The number of amides is 2. The first-order valence-electron chi connectivity index (χ1n) is 7.83. The summed E-state index contributed by atoms with van der Waals surface area (Å²) >= 11 is 1.05. The second-order valence-corrected chi connectivity index (χ2v) is 9.16. The molecule has 2 N–H and O–H groups in total. The molecule has 26 heavy (non-hydrogen) atoms. The number of rotatable bonds is 6. The molecule has 1 aromatic heterocycles. The average molecular weight is 398 g/mol. The van der Waals surface area contributed by atoms with Gasteiger partial charge in [-0.2, -0.15) is 0 Å². The normalized spacial score (nSPS) is 12.6. The lowest BCUT2D eigenvalue weighted by Gasteiger charge is -2.18. The summed E-state index contributed by atoms with van der Waals surface area (Å²) in [5.41, 5.74) is 0.323. The molecule has 2 rings (SSSR count). The van der Waals surface area contributed by atoms with Gasteiger partial charge in [0.1, 0.15) is 15.3 Å². The fourth-order valence-corrected chi connectivity index (χ4v) is 5.11. The van der Waals surface area contributed by atoms with Crippen molar-refractivity contribution in [3.63, 3.8) is 0 Å². The fourth-order valence-electron chi connectivity index (χ4n) is 2.24. The third-order valence-electron chi connectivity index (χ3n) is 3.47. The van der Waals surface area contributed by atoms with Crippen molar-refractivity contribution in [3.8, 4) is 0 Å². The number of sulfone groups is 1. The van der Waals surface area contributed by atoms with Gasteiger partial charge in [0.2, 0.25) is 0 Å². The number of hydrogen-bond acceptors (Lipinski definition) is 5. The van der Waals surface area contributed by atoms with Crippen molar-refractivity contribution in [2.24, 2.45) is 0 Å². The van der Waals surface area contributed by atoms with Gasteiger partial charge in [-0.3, -0.25) is 9.59 Å². The Kier molecular flexibility index (Phi) is 6.49. The predicted molar refractivity (Wildman–Crippen MR) is 96.9 cm³/mol. The molecular formula is C17H19FN2O4S2. The molecule has 0 aliphatic rings. The molecule has 9 heteroatoms. The molecule has 0 spiro atoms. The van der Waals surface area contributed by atoms with E-state index in [9.17, 15) is 22.4 Å². The number of benzene rings is 1. The van der Waals surface area contributed by atoms with Crippen molar-refractivity contribution in [2.45, 2.75) is 29.3 Å². The Morgan fingerprint density at radius 2 is 1.77 bits per heavy atom. The number of hydrogen-bond donors (Lipinski definition) is 2. The molecular weight excluding hydrogens is 379 g/mol. The van der Waals surface area contributed by atoms with Crippen LogP contribution in [0, 0.1) is 5.82 Å². The van der Waals surface area contributed by atoms with Crippen molar-refractivity contribution in [3.05, 3.63) is 53.2 Å². The lowest BCUT2D eigenvalue weighted by molar-refractivity contribution is -0.139. The van der Waals surface area contributed by atoms with Crippen LogP contribution in [-0.2, 0) is 19.4 Å². The van der Waals surface area contributed by atoms with E-state index >= 15 is 0 Å². The summed E-state index contributed by atoms with van der Waals surface area (Å²) in [5, 5.41) is 5.27. The van der Waals surface area contributed by atoms with Gasteiger partial charge in [0, 0.05) is 12.6 Å². The van der Waals surface area contributed by atoms with Crippen LogP contribution in [0.3, 0.4) is 0 Å². The molecule has 0 aliphatic heterocycles. The molecule has 6 nitrogen and oxygen atoms in total. The molecule has 1 atom stereocenters. The van der Waals surface area contributed by atoms with E-state index in [0.717, 1.165) is 23.5 Å². The standard InChI is InChI=1S/C17H19FN2O4S2/c1-11(2)20-17(22)16(21)19-10-14(12-5-7-13(18)8-6-12)26(23,24)15-4-3-9-25-15/h3-9,11,14H,10H2,1-2H3,(H,19,21)(H,20,22)/t14-/m0/s1. The number of carbonyl (C=O) groups excluding carboxylic acids is 2. The minimum Gasteiger partial charge on any atom is -0.346 e. The van der Waals surface area contributed by atoms with Gasteiger partial charge in [-0.1, -0.05) is 18.2 Å². The third kappa shape index (κ3) is 4.89. The van der Waals surface area contributed by atoms with Gasteiger partial charge >= 0.3 is 11.8 Å². The lowest BCUT2D eigenvalue weighted by atomic mass is 10.1. The minimum atomic E-state index is -3.82. The van der Waals surface area contributed by atoms with Gasteiger partial charge in [0.25, 0.3) is 0 Å². The molecule has 0 unspecified atom stereocenters. The van der Waals surface area contributed by atoms with E-state index < -0.39 is 32.7 Å². The second kappa shape index (κ2) is 8.41. The van der Waals surface area contributed by atoms with Gasteiger partial charge in [-0.15, -0.1) is 11.3 Å². The smallest absolute Gasteiger partial charge is 0.309 e. The monoisotopic (exact) mass is 398 g/mol. The first-order valence-corrected chi connectivity index (χ1v) is 10.3. The van der Waals surface area contributed by atoms with Crippen molar-refractivity contribution >= 4 is 33.0 Å². The van der Waals surface area contributed by atoms with E-state index in [2.05, 4.69) is 10.6 Å². The molecule has 2 aromatic rings. The van der Waals surface area contributed by atoms with Gasteiger partial charge in [-0.25, -0.2) is 12.8 Å². The maximum Gasteiger partial charge on any atom is 0.309 e. The summed E-state index contributed by atoms with van der Waals surface area (Å²) in [4.78, 5) is 23.6. The molecule has 0 saturated carbocycles. The molecule has 1 aromatic carbocycles. The molecule has 0 saturated heterocycles. The van der Waals surface area contributed by atoms with Crippen molar-refractivity contribution < 1.29 is 22.4 Å². The van der Waals surface area contributed by atoms with E-state index in [-0.39, 0.29) is 16.8 Å². The van der Waals surface area contributed by atoms with Gasteiger partial charge in [0.15, 0.2) is 9.84 Å². The van der Waals surface area contributed by atoms with E-state index in [4.69, 9.17) is 0 Å². The summed E-state index contributed by atoms with van der Waals surface area (Å²) < 4.78 is 39.1. The van der Waals surface area contributed by atoms with Crippen LogP contribution in [0.25, 0.3) is 0 Å². The van der Waals surface area contributed by atoms with Gasteiger partial charge in [-0.05, 0) is 43.0 Å². The van der Waals surface area contributed by atoms with Crippen LogP contribution in [0.4, 0.5) is 4.39 Å². The Hall–Kier alpha value is -2.26. The number of nitrogens with one attached hydrogen (secondary N) is 2. The lowest BCUT2D eigenvalue weighted by Crippen LogP contribution is -2.44. The van der Waals surface area contributed by atoms with Crippen molar-refractivity contribution in [1.82, 2.24) is 10.6 Å². The number of carbonyl (C=O) groups is 2. The van der Waals surface area contributed by atoms with Gasteiger partial charge in [0.05, 0.1) is 0 Å². The summed E-state index contributed by atoms with van der Waals surface area (Å²) in [6.07, 6.45) is 0. The summed E-state index contributed by atoms with van der Waals surface area (Å²) in [7, 11) is -3.82. The highest BCUT2D eigenvalue weighted by Crippen LogP contribution is 2.31. The SMILES string of the molecule is CC(C)NC(=O)C(=O)NC[C@@H](c1ccc(F)cc1)S(=O)(=O)c1cccs1. The first-order chi connectivity index (χ1) is 12.2. The summed E-state index contributed by atoms with van der Waals surface area (Å²) in [5.74, 6) is -2.26. The van der Waals surface area contributed by atoms with Crippen LogP contribution < -0.4 is 10.6 Å². The van der Waals surface area contributed by atoms with Crippen LogP contribution in [-0.4, -0.2) is 32.8 Å². The van der Waals surface area contributed by atoms with Crippen LogP contribution in [0.1, 0.15) is 24.7 Å². The molecule has 2 amide bonds. The minimum absolute atomic E-state index is 0.132. The zero-order valence-corrected chi connectivity index (χ0v) is 15.9. The Bertz CT molecular complexity index is 863. The Balaban J connectivity index is 2.26. The van der Waals surface area contributed by atoms with E-state index in [1.165, 1.54) is 18.2 Å². The zero-order valence-electron chi connectivity index (χ0n) is 14.2. The Morgan fingerprint density at radius 3 is 2.31 bits per heavy atom.